The highest BCUT2D eigenvalue weighted by atomic mass is 16.5. The molecule has 1 N–H and O–H groups in total. The van der Waals surface area contributed by atoms with Crippen molar-refractivity contribution in [2.45, 2.75) is 33.3 Å². The fourth-order valence-corrected chi connectivity index (χ4v) is 1.47. The Labute approximate surface area is 113 Å². The zero-order chi connectivity index (χ0) is 14.3. The highest BCUT2D eigenvalue weighted by molar-refractivity contribution is 5.95. The van der Waals surface area contributed by atoms with Crippen LogP contribution in [0.2, 0.25) is 0 Å². The van der Waals surface area contributed by atoms with Crippen LogP contribution in [0.25, 0.3) is 0 Å². The second-order valence-electron chi connectivity index (χ2n) is 4.12. The standard InChI is InChI=1S/C15H19NO3/c1-4-6-14(17)19-11(3)15(18)16-13-9-7-12(5-2)8-10-13/h4,6-11H,5H2,1-3H3,(H,16,18)/b6-4+/t11-/m1/s1. The van der Waals surface area contributed by atoms with Crippen LogP contribution in [0.3, 0.4) is 0 Å². The zero-order valence-electron chi connectivity index (χ0n) is 11.5. The van der Waals surface area contributed by atoms with Crippen molar-refractivity contribution in [1.82, 2.24) is 0 Å². The molecule has 0 bridgehead atoms. The van der Waals surface area contributed by atoms with Gasteiger partial charge in [-0.25, -0.2) is 4.79 Å². The summed E-state index contributed by atoms with van der Waals surface area (Å²) in [7, 11) is 0. The van der Waals surface area contributed by atoms with Gasteiger partial charge in [0.2, 0.25) is 0 Å². The average Bonchev–Trinajstić information content (AvgIpc) is 2.39. The maximum Gasteiger partial charge on any atom is 0.331 e. The summed E-state index contributed by atoms with van der Waals surface area (Å²) in [6, 6.07) is 7.56. The van der Waals surface area contributed by atoms with Crippen LogP contribution in [0.4, 0.5) is 5.69 Å². The number of rotatable bonds is 5. The highest BCUT2D eigenvalue weighted by Crippen LogP contribution is 2.10. The third-order valence-corrected chi connectivity index (χ3v) is 2.59. The lowest BCUT2D eigenvalue weighted by molar-refractivity contribution is -0.148. The van der Waals surface area contributed by atoms with E-state index in [1.54, 1.807) is 13.0 Å². The SMILES string of the molecule is C/C=C/C(=O)O[C@H](C)C(=O)Nc1ccc(CC)cc1. The van der Waals surface area contributed by atoms with Crippen LogP contribution in [0.15, 0.2) is 36.4 Å². The molecule has 0 saturated heterocycles. The van der Waals surface area contributed by atoms with E-state index in [2.05, 4.69) is 12.2 Å². The summed E-state index contributed by atoms with van der Waals surface area (Å²) in [6.07, 6.45) is 2.97. The number of carbonyl (C=O) groups is 2. The van der Waals surface area contributed by atoms with Gasteiger partial charge in [-0.1, -0.05) is 25.1 Å². The van der Waals surface area contributed by atoms with Crippen molar-refractivity contribution >= 4 is 17.6 Å². The normalized spacial score (nSPS) is 12.2. The first-order valence-electron chi connectivity index (χ1n) is 6.30. The minimum Gasteiger partial charge on any atom is -0.449 e. The molecule has 19 heavy (non-hydrogen) atoms. The molecule has 0 heterocycles. The summed E-state index contributed by atoms with van der Waals surface area (Å²) in [5.41, 5.74) is 1.89. The van der Waals surface area contributed by atoms with Gasteiger partial charge in [-0.15, -0.1) is 0 Å². The maximum absolute atomic E-state index is 11.8. The Morgan fingerprint density at radius 2 is 1.95 bits per heavy atom. The Balaban J connectivity index is 2.55. The predicted octanol–water partition coefficient (Wildman–Crippen LogP) is 2.70. The summed E-state index contributed by atoms with van der Waals surface area (Å²) in [6.45, 7) is 5.31. The number of hydrogen-bond acceptors (Lipinski definition) is 3. The molecular formula is C15H19NO3. The largest absolute Gasteiger partial charge is 0.449 e. The molecule has 1 aromatic rings. The van der Waals surface area contributed by atoms with Gasteiger partial charge in [0.05, 0.1) is 0 Å². The first-order chi connectivity index (χ1) is 9.06. The number of nitrogens with one attached hydrogen (secondary N) is 1. The molecule has 1 amide bonds. The monoisotopic (exact) mass is 261 g/mol. The van der Waals surface area contributed by atoms with Crippen LogP contribution >= 0.6 is 0 Å². The molecule has 0 radical (unpaired) electrons. The lowest BCUT2D eigenvalue weighted by atomic mass is 10.1. The molecule has 4 heteroatoms. The van der Waals surface area contributed by atoms with Gasteiger partial charge < -0.3 is 10.1 Å². The summed E-state index contributed by atoms with van der Waals surface area (Å²) in [5, 5.41) is 2.70. The van der Waals surface area contributed by atoms with E-state index in [0.717, 1.165) is 6.42 Å². The summed E-state index contributed by atoms with van der Waals surface area (Å²) >= 11 is 0. The van der Waals surface area contributed by atoms with Crippen LogP contribution in [0.5, 0.6) is 0 Å². The molecule has 1 rings (SSSR count). The molecule has 4 nitrogen and oxygen atoms in total. The summed E-state index contributed by atoms with van der Waals surface area (Å²) in [4.78, 5) is 23.0. The number of hydrogen-bond donors (Lipinski definition) is 1. The van der Waals surface area contributed by atoms with E-state index in [0.29, 0.717) is 5.69 Å². The second-order valence-corrected chi connectivity index (χ2v) is 4.12. The number of ether oxygens (including phenoxy) is 1. The molecule has 1 aromatic carbocycles. The number of esters is 1. The quantitative estimate of drug-likeness (QED) is 0.655. The smallest absolute Gasteiger partial charge is 0.331 e. The number of aryl methyl sites for hydroxylation is 1. The Hall–Kier alpha value is -2.10. The molecule has 0 aromatic heterocycles. The Morgan fingerprint density at radius 1 is 1.32 bits per heavy atom. The molecule has 0 aliphatic carbocycles. The van der Waals surface area contributed by atoms with Crippen molar-refractivity contribution in [1.29, 1.82) is 0 Å². The van der Waals surface area contributed by atoms with E-state index in [9.17, 15) is 9.59 Å². The lowest BCUT2D eigenvalue weighted by Crippen LogP contribution is -2.29. The van der Waals surface area contributed by atoms with E-state index in [1.807, 2.05) is 24.3 Å². The molecule has 1 atom stereocenters. The number of benzene rings is 1. The minimum atomic E-state index is -0.824. The van der Waals surface area contributed by atoms with E-state index in [1.165, 1.54) is 18.6 Å². The number of carbonyl (C=O) groups excluding carboxylic acids is 2. The molecule has 0 unspecified atom stereocenters. The fourth-order valence-electron chi connectivity index (χ4n) is 1.47. The van der Waals surface area contributed by atoms with Gasteiger partial charge in [0.1, 0.15) is 0 Å². The Bertz CT molecular complexity index is 463. The number of allylic oxidation sites excluding steroid dienone is 1. The third-order valence-electron chi connectivity index (χ3n) is 2.59. The topological polar surface area (TPSA) is 55.4 Å². The molecule has 0 saturated carbocycles. The van der Waals surface area contributed by atoms with Gasteiger partial charge in [-0.05, 0) is 38.0 Å². The number of anilines is 1. The lowest BCUT2D eigenvalue weighted by Gasteiger charge is -2.12. The molecular weight excluding hydrogens is 242 g/mol. The van der Waals surface area contributed by atoms with E-state index < -0.39 is 12.1 Å². The zero-order valence-corrected chi connectivity index (χ0v) is 11.5. The van der Waals surface area contributed by atoms with E-state index >= 15 is 0 Å². The average molecular weight is 261 g/mol. The molecule has 102 valence electrons. The van der Waals surface area contributed by atoms with Crippen LogP contribution in [0.1, 0.15) is 26.3 Å². The summed E-state index contributed by atoms with van der Waals surface area (Å²) in [5.74, 6) is -0.867. The van der Waals surface area contributed by atoms with Gasteiger partial charge in [-0.3, -0.25) is 4.79 Å². The maximum atomic E-state index is 11.8. The van der Waals surface area contributed by atoms with Gasteiger partial charge in [0.25, 0.3) is 5.91 Å². The van der Waals surface area contributed by atoms with Crippen LogP contribution in [0, 0.1) is 0 Å². The highest BCUT2D eigenvalue weighted by Gasteiger charge is 2.16. The van der Waals surface area contributed by atoms with Crippen molar-refractivity contribution in [3.8, 4) is 0 Å². The molecule has 0 aliphatic rings. The first-order valence-corrected chi connectivity index (χ1v) is 6.30. The van der Waals surface area contributed by atoms with Crippen molar-refractivity contribution in [3.05, 3.63) is 42.0 Å². The number of amides is 1. The van der Waals surface area contributed by atoms with Gasteiger partial charge >= 0.3 is 5.97 Å². The predicted molar refractivity (Wildman–Crippen MR) is 74.8 cm³/mol. The van der Waals surface area contributed by atoms with Gasteiger partial charge in [0, 0.05) is 11.8 Å². The van der Waals surface area contributed by atoms with E-state index in [-0.39, 0.29) is 5.91 Å². The second kappa shape index (κ2) is 7.36. The molecule has 0 fully saturated rings. The van der Waals surface area contributed by atoms with Crippen LogP contribution in [-0.4, -0.2) is 18.0 Å². The molecule has 0 spiro atoms. The third kappa shape index (κ3) is 4.95. The van der Waals surface area contributed by atoms with Crippen LogP contribution < -0.4 is 5.32 Å². The summed E-state index contributed by atoms with van der Waals surface area (Å²) < 4.78 is 4.93. The van der Waals surface area contributed by atoms with Crippen molar-refractivity contribution in [2.24, 2.45) is 0 Å². The molecule has 0 aliphatic heterocycles. The van der Waals surface area contributed by atoms with Crippen molar-refractivity contribution < 1.29 is 14.3 Å². The van der Waals surface area contributed by atoms with Crippen molar-refractivity contribution in [2.75, 3.05) is 5.32 Å². The van der Waals surface area contributed by atoms with E-state index in [4.69, 9.17) is 4.74 Å². The van der Waals surface area contributed by atoms with Crippen molar-refractivity contribution in [3.63, 3.8) is 0 Å². The fraction of sp³-hybridized carbons (Fsp3) is 0.333. The Morgan fingerprint density at radius 3 is 2.47 bits per heavy atom. The van der Waals surface area contributed by atoms with Gasteiger partial charge in [-0.2, -0.15) is 0 Å². The first kappa shape index (κ1) is 15.0. The van der Waals surface area contributed by atoms with Crippen LogP contribution in [-0.2, 0) is 20.7 Å². The Kier molecular flexibility index (Phi) is 5.79. The van der Waals surface area contributed by atoms with Gasteiger partial charge in [0.15, 0.2) is 6.10 Å². The minimum absolute atomic E-state index is 0.345.